The Morgan fingerprint density at radius 1 is 0.933 bits per heavy atom. The highest BCUT2D eigenvalue weighted by Gasteiger charge is 2.30. The Kier molecular flexibility index (Phi) is 6.91. The van der Waals surface area contributed by atoms with Gasteiger partial charge >= 0.3 is 0 Å². The number of halogens is 2. The second-order valence-corrected chi connectivity index (χ2v) is 8.98. The summed E-state index contributed by atoms with van der Waals surface area (Å²) in [6.45, 7) is 6.64. The van der Waals surface area contributed by atoms with Crippen molar-refractivity contribution >= 4 is 23.4 Å². The fourth-order valence-electron chi connectivity index (χ4n) is 4.47. The van der Waals surface area contributed by atoms with Gasteiger partial charge in [0.1, 0.15) is 5.82 Å². The van der Waals surface area contributed by atoms with Crippen molar-refractivity contribution in [3.63, 3.8) is 0 Å². The molecule has 1 aliphatic carbocycles. The van der Waals surface area contributed by atoms with E-state index < -0.39 is 5.82 Å². The normalized spacial score (nSPS) is 21.5. The molecule has 0 spiro atoms. The number of hydrogen-bond donors (Lipinski definition) is 0. The summed E-state index contributed by atoms with van der Waals surface area (Å²) in [7, 11) is 0. The van der Waals surface area contributed by atoms with Crippen molar-refractivity contribution in [3.8, 4) is 0 Å². The number of piperazine rings is 2. The number of amides is 2. The van der Waals surface area contributed by atoms with E-state index >= 15 is 0 Å². The molecule has 30 heavy (non-hydrogen) atoms. The van der Waals surface area contributed by atoms with Crippen LogP contribution in [0.4, 0.5) is 4.39 Å². The highest BCUT2D eigenvalue weighted by molar-refractivity contribution is 6.31. The van der Waals surface area contributed by atoms with Crippen molar-refractivity contribution < 1.29 is 14.0 Å². The van der Waals surface area contributed by atoms with Gasteiger partial charge < -0.3 is 9.80 Å². The van der Waals surface area contributed by atoms with E-state index in [2.05, 4.69) is 9.80 Å². The van der Waals surface area contributed by atoms with Gasteiger partial charge in [-0.05, 0) is 30.5 Å². The highest BCUT2D eigenvalue weighted by Crippen LogP contribution is 2.25. The Labute approximate surface area is 182 Å². The number of hydrogen-bond acceptors (Lipinski definition) is 4. The van der Waals surface area contributed by atoms with Gasteiger partial charge in [-0.25, -0.2) is 4.39 Å². The molecule has 1 aromatic rings. The van der Waals surface area contributed by atoms with E-state index in [0.29, 0.717) is 38.3 Å². The van der Waals surface area contributed by atoms with Crippen LogP contribution >= 0.6 is 11.6 Å². The third-order valence-electron chi connectivity index (χ3n) is 6.70. The van der Waals surface area contributed by atoms with Crippen molar-refractivity contribution in [3.05, 3.63) is 34.6 Å². The van der Waals surface area contributed by atoms with Crippen LogP contribution in [-0.2, 0) is 16.0 Å². The quantitative estimate of drug-likeness (QED) is 0.707. The Bertz CT molecular complexity index is 772. The Hall–Kier alpha value is -1.70. The average Bonchev–Trinajstić information content (AvgIpc) is 2.70. The van der Waals surface area contributed by atoms with Crippen LogP contribution in [-0.4, -0.2) is 96.4 Å². The largest absolute Gasteiger partial charge is 0.340 e. The fourth-order valence-corrected chi connectivity index (χ4v) is 4.71. The van der Waals surface area contributed by atoms with E-state index in [0.717, 1.165) is 32.2 Å². The topological polar surface area (TPSA) is 47.1 Å². The molecule has 2 heterocycles. The molecule has 2 amide bonds. The third kappa shape index (κ3) is 5.13. The summed E-state index contributed by atoms with van der Waals surface area (Å²) >= 11 is 6.04. The van der Waals surface area contributed by atoms with Crippen LogP contribution in [0.1, 0.15) is 24.8 Å². The van der Waals surface area contributed by atoms with E-state index in [9.17, 15) is 14.0 Å². The lowest BCUT2D eigenvalue weighted by Gasteiger charge is -2.43. The first-order valence-corrected chi connectivity index (χ1v) is 11.3. The first-order valence-electron chi connectivity index (χ1n) is 11.0. The van der Waals surface area contributed by atoms with Crippen LogP contribution < -0.4 is 0 Å². The molecule has 0 unspecified atom stereocenters. The lowest BCUT2D eigenvalue weighted by atomic mass is 9.91. The number of benzene rings is 1. The maximum absolute atomic E-state index is 13.2. The predicted octanol–water partition coefficient (Wildman–Crippen LogP) is 1.86. The van der Waals surface area contributed by atoms with Crippen molar-refractivity contribution in [1.29, 1.82) is 0 Å². The Balaban J connectivity index is 1.19. The molecule has 8 heteroatoms. The molecule has 3 aliphatic rings. The van der Waals surface area contributed by atoms with Crippen LogP contribution in [0.3, 0.4) is 0 Å². The van der Waals surface area contributed by atoms with Gasteiger partial charge in [-0.3, -0.25) is 19.4 Å². The van der Waals surface area contributed by atoms with Crippen LogP contribution in [0.5, 0.6) is 0 Å². The van der Waals surface area contributed by atoms with Gasteiger partial charge in [-0.1, -0.05) is 24.1 Å². The molecule has 1 aromatic carbocycles. The van der Waals surface area contributed by atoms with Crippen molar-refractivity contribution in [2.24, 2.45) is 0 Å². The molecule has 0 radical (unpaired) electrons. The van der Waals surface area contributed by atoms with Crippen LogP contribution in [0.25, 0.3) is 0 Å². The van der Waals surface area contributed by atoms with Crippen LogP contribution in [0.15, 0.2) is 18.2 Å². The minimum absolute atomic E-state index is 0.0124. The van der Waals surface area contributed by atoms with Crippen LogP contribution in [0.2, 0.25) is 5.02 Å². The number of carbonyl (C=O) groups is 2. The molecule has 2 aliphatic heterocycles. The van der Waals surface area contributed by atoms with Gasteiger partial charge in [0, 0.05) is 63.4 Å². The summed E-state index contributed by atoms with van der Waals surface area (Å²) in [5.74, 6) is -0.221. The minimum atomic E-state index is -0.404. The highest BCUT2D eigenvalue weighted by atomic mass is 35.5. The first-order chi connectivity index (χ1) is 14.5. The molecule has 0 bridgehead atoms. The van der Waals surface area contributed by atoms with Crippen molar-refractivity contribution in [2.75, 3.05) is 58.9 Å². The second kappa shape index (κ2) is 9.62. The number of carbonyl (C=O) groups excluding carboxylic acids is 2. The predicted molar refractivity (Wildman–Crippen MR) is 114 cm³/mol. The van der Waals surface area contributed by atoms with E-state index in [4.69, 9.17) is 11.6 Å². The molecule has 3 fully saturated rings. The molecule has 0 N–H and O–H groups in total. The second-order valence-electron chi connectivity index (χ2n) is 8.57. The van der Waals surface area contributed by atoms with Gasteiger partial charge in [0.05, 0.1) is 13.0 Å². The standard InChI is InChI=1S/C22H30ClFN4O2/c23-20-15-18(24)5-4-17(20)14-21(29)27-8-6-25(7-9-27)16-22(30)28-12-10-26(11-13-28)19-2-1-3-19/h4-5,15,19H,1-3,6-14,16H2. The molecule has 0 atom stereocenters. The van der Waals surface area contributed by atoms with Gasteiger partial charge in [0.15, 0.2) is 0 Å². The first kappa shape index (κ1) is 21.5. The molecule has 4 rings (SSSR count). The summed E-state index contributed by atoms with van der Waals surface area (Å²) in [4.78, 5) is 33.7. The van der Waals surface area contributed by atoms with Crippen molar-refractivity contribution in [1.82, 2.24) is 19.6 Å². The van der Waals surface area contributed by atoms with Gasteiger partial charge in [-0.2, -0.15) is 0 Å². The Morgan fingerprint density at radius 2 is 1.57 bits per heavy atom. The zero-order chi connectivity index (χ0) is 21.1. The lowest BCUT2D eigenvalue weighted by Crippen LogP contribution is -2.56. The summed E-state index contributed by atoms with van der Waals surface area (Å²) in [5.41, 5.74) is 0.640. The minimum Gasteiger partial charge on any atom is -0.340 e. The van der Waals surface area contributed by atoms with Crippen molar-refractivity contribution in [2.45, 2.75) is 31.7 Å². The SMILES string of the molecule is O=C(Cc1ccc(F)cc1Cl)N1CCN(CC(=O)N2CCN(C3CCC3)CC2)CC1. The van der Waals surface area contributed by atoms with E-state index in [1.54, 1.807) is 11.0 Å². The average molecular weight is 437 g/mol. The Morgan fingerprint density at radius 3 is 2.17 bits per heavy atom. The molecule has 0 aromatic heterocycles. The maximum Gasteiger partial charge on any atom is 0.236 e. The van der Waals surface area contributed by atoms with Gasteiger partial charge in [0.2, 0.25) is 11.8 Å². The molecule has 2 saturated heterocycles. The number of nitrogens with zero attached hydrogens (tertiary/aromatic N) is 4. The molecule has 1 saturated carbocycles. The van der Waals surface area contributed by atoms with Gasteiger partial charge in [0.25, 0.3) is 0 Å². The maximum atomic E-state index is 13.2. The summed E-state index contributed by atoms with van der Waals surface area (Å²) in [6.07, 6.45) is 4.13. The summed E-state index contributed by atoms with van der Waals surface area (Å²) in [5, 5.41) is 0.282. The van der Waals surface area contributed by atoms with Gasteiger partial charge in [-0.15, -0.1) is 0 Å². The number of rotatable bonds is 5. The van der Waals surface area contributed by atoms with E-state index in [1.807, 2.05) is 4.90 Å². The molecular weight excluding hydrogens is 407 g/mol. The molecule has 164 valence electrons. The smallest absolute Gasteiger partial charge is 0.236 e. The molecular formula is C22H30ClFN4O2. The fraction of sp³-hybridized carbons (Fsp3) is 0.636. The third-order valence-corrected chi connectivity index (χ3v) is 7.05. The summed E-state index contributed by atoms with van der Waals surface area (Å²) in [6, 6.07) is 4.87. The summed E-state index contributed by atoms with van der Waals surface area (Å²) < 4.78 is 13.2. The zero-order valence-electron chi connectivity index (χ0n) is 17.4. The lowest BCUT2D eigenvalue weighted by molar-refractivity contribution is -0.136. The molecule has 6 nitrogen and oxygen atoms in total. The van der Waals surface area contributed by atoms with E-state index in [-0.39, 0.29) is 23.3 Å². The monoisotopic (exact) mass is 436 g/mol. The van der Waals surface area contributed by atoms with E-state index in [1.165, 1.54) is 31.4 Å². The zero-order valence-corrected chi connectivity index (χ0v) is 18.1. The van der Waals surface area contributed by atoms with Crippen LogP contribution in [0, 0.1) is 5.82 Å².